The first-order valence-electron chi connectivity index (χ1n) is 7.60. The van der Waals surface area contributed by atoms with E-state index in [0.29, 0.717) is 23.7 Å². The first kappa shape index (κ1) is 15.8. The lowest BCUT2D eigenvalue weighted by Gasteiger charge is -2.06. The first-order chi connectivity index (χ1) is 11.7. The molecule has 2 aromatic carbocycles. The number of cyclic esters (lactones) is 1. The third-order valence-corrected chi connectivity index (χ3v) is 3.45. The average molecular weight is 323 g/mol. The van der Waals surface area contributed by atoms with Crippen LogP contribution in [0.4, 0.5) is 0 Å². The zero-order valence-electron chi connectivity index (χ0n) is 13.5. The second-order valence-electron chi connectivity index (χ2n) is 5.04. The molecule has 1 aliphatic heterocycles. The van der Waals surface area contributed by atoms with Crippen molar-refractivity contribution in [1.29, 1.82) is 0 Å². The number of carbonyl (C=O) groups is 1. The normalized spacial score (nSPS) is 15.2. The number of benzene rings is 2. The van der Waals surface area contributed by atoms with Crippen LogP contribution in [0.1, 0.15) is 18.1 Å². The summed E-state index contributed by atoms with van der Waals surface area (Å²) in [5, 5.41) is 0. The number of methoxy groups -OCH3 is 1. The van der Waals surface area contributed by atoms with Crippen LogP contribution in [0.5, 0.6) is 11.5 Å². The zero-order chi connectivity index (χ0) is 16.9. The highest BCUT2D eigenvalue weighted by atomic mass is 16.6. The van der Waals surface area contributed by atoms with E-state index in [0.717, 1.165) is 5.56 Å². The van der Waals surface area contributed by atoms with Gasteiger partial charge in [-0.3, -0.25) is 0 Å². The molecule has 5 nitrogen and oxygen atoms in total. The van der Waals surface area contributed by atoms with Gasteiger partial charge in [-0.25, -0.2) is 9.79 Å². The average Bonchev–Trinajstić information content (AvgIpc) is 2.98. The number of nitrogens with zero attached hydrogens (tertiary/aromatic N) is 1. The van der Waals surface area contributed by atoms with Crippen LogP contribution in [0.15, 0.2) is 59.2 Å². The molecule has 0 amide bonds. The fourth-order valence-electron chi connectivity index (χ4n) is 2.32. The van der Waals surface area contributed by atoms with Crippen molar-refractivity contribution in [2.45, 2.75) is 6.92 Å². The standard InChI is InChI=1S/C19H17NO4/c1-3-23-17-10-5-4-7-13(17)12-16-19(21)24-18(20-16)14-8-6-9-15(11-14)22-2/h4-12H,3H2,1-2H3. The molecule has 0 saturated heterocycles. The van der Waals surface area contributed by atoms with Crippen molar-refractivity contribution < 1.29 is 19.0 Å². The Kier molecular flexibility index (Phi) is 4.61. The number of carbonyl (C=O) groups excluding carboxylic acids is 1. The smallest absolute Gasteiger partial charge is 0.363 e. The van der Waals surface area contributed by atoms with Gasteiger partial charge in [-0.05, 0) is 37.3 Å². The second kappa shape index (κ2) is 7.00. The number of esters is 1. The molecule has 3 rings (SSSR count). The highest BCUT2D eigenvalue weighted by molar-refractivity contribution is 6.13. The molecule has 0 aliphatic carbocycles. The van der Waals surface area contributed by atoms with Crippen LogP contribution in [-0.4, -0.2) is 25.6 Å². The predicted octanol–water partition coefficient (Wildman–Crippen LogP) is 3.44. The maximum Gasteiger partial charge on any atom is 0.363 e. The zero-order valence-corrected chi connectivity index (χ0v) is 13.5. The fourth-order valence-corrected chi connectivity index (χ4v) is 2.32. The number of para-hydroxylation sites is 1. The van der Waals surface area contributed by atoms with E-state index in [1.807, 2.05) is 49.4 Å². The van der Waals surface area contributed by atoms with Gasteiger partial charge in [0.2, 0.25) is 5.90 Å². The Labute approximate surface area is 140 Å². The molecule has 122 valence electrons. The van der Waals surface area contributed by atoms with Gasteiger partial charge < -0.3 is 14.2 Å². The summed E-state index contributed by atoms with van der Waals surface area (Å²) < 4.78 is 16.0. The summed E-state index contributed by atoms with van der Waals surface area (Å²) in [6.45, 7) is 2.45. The van der Waals surface area contributed by atoms with E-state index in [1.165, 1.54) is 0 Å². The van der Waals surface area contributed by atoms with Gasteiger partial charge in [0.15, 0.2) is 5.70 Å². The highest BCUT2D eigenvalue weighted by Crippen LogP contribution is 2.25. The Morgan fingerprint density at radius 3 is 2.79 bits per heavy atom. The van der Waals surface area contributed by atoms with E-state index in [-0.39, 0.29) is 11.6 Å². The van der Waals surface area contributed by atoms with Crippen molar-refractivity contribution in [2.24, 2.45) is 4.99 Å². The molecule has 0 atom stereocenters. The molecule has 5 heteroatoms. The van der Waals surface area contributed by atoms with Crippen LogP contribution in [0.25, 0.3) is 6.08 Å². The summed E-state index contributed by atoms with van der Waals surface area (Å²) in [5.41, 5.74) is 1.70. The fraction of sp³-hybridized carbons (Fsp3) is 0.158. The SMILES string of the molecule is CCOc1ccccc1C=C1N=C(c2cccc(OC)c2)OC1=O. The molecule has 1 aliphatic rings. The van der Waals surface area contributed by atoms with E-state index < -0.39 is 5.97 Å². The number of aliphatic imine (C=N–C) groups is 1. The summed E-state index contributed by atoms with van der Waals surface area (Å²) in [6.07, 6.45) is 1.67. The number of hydrogen-bond acceptors (Lipinski definition) is 5. The summed E-state index contributed by atoms with van der Waals surface area (Å²) >= 11 is 0. The van der Waals surface area contributed by atoms with Crippen LogP contribution in [-0.2, 0) is 9.53 Å². The maximum absolute atomic E-state index is 12.1. The molecule has 0 N–H and O–H groups in total. The molecule has 0 bridgehead atoms. The molecule has 0 aromatic heterocycles. The predicted molar refractivity (Wildman–Crippen MR) is 91.2 cm³/mol. The van der Waals surface area contributed by atoms with Crippen LogP contribution in [0.2, 0.25) is 0 Å². The molecule has 0 spiro atoms. The van der Waals surface area contributed by atoms with Crippen LogP contribution in [0, 0.1) is 0 Å². The Morgan fingerprint density at radius 2 is 2.00 bits per heavy atom. The van der Waals surface area contributed by atoms with Crippen LogP contribution >= 0.6 is 0 Å². The largest absolute Gasteiger partial charge is 0.497 e. The lowest BCUT2D eigenvalue weighted by Crippen LogP contribution is -2.05. The number of hydrogen-bond donors (Lipinski definition) is 0. The minimum absolute atomic E-state index is 0.236. The van der Waals surface area contributed by atoms with Crippen molar-refractivity contribution in [2.75, 3.05) is 13.7 Å². The van der Waals surface area contributed by atoms with Crippen molar-refractivity contribution in [1.82, 2.24) is 0 Å². The molecular formula is C19H17NO4. The first-order valence-corrected chi connectivity index (χ1v) is 7.60. The Balaban J connectivity index is 1.94. The van der Waals surface area contributed by atoms with E-state index >= 15 is 0 Å². The molecule has 0 unspecified atom stereocenters. The molecule has 0 fully saturated rings. The summed E-state index contributed by atoms with van der Waals surface area (Å²) in [6, 6.07) is 14.7. The van der Waals surface area contributed by atoms with Crippen molar-refractivity contribution in [3.8, 4) is 11.5 Å². The molecule has 1 heterocycles. The third kappa shape index (κ3) is 3.30. The Morgan fingerprint density at radius 1 is 1.17 bits per heavy atom. The molecule has 2 aromatic rings. The highest BCUT2D eigenvalue weighted by Gasteiger charge is 2.24. The van der Waals surface area contributed by atoms with E-state index in [1.54, 1.807) is 19.3 Å². The maximum atomic E-state index is 12.1. The summed E-state index contributed by atoms with van der Waals surface area (Å²) in [7, 11) is 1.58. The van der Waals surface area contributed by atoms with Gasteiger partial charge in [0, 0.05) is 11.1 Å². The van der Waals surface area contributed by atoms with E-state index in [2.05, 4.69) is 4.99 Å². The Bertz CT molecular complexity index is 824. The van der Waals surface area contributed by atoms with Crippen molar-refractivity contribution in [3.05, 3.63) is 65.4 Å². The summed E-state index contributed by atoms with van der Waals surface area (Å²) in [5.74, 6) is 1.15. The number of rotatable bonds is 5. The molecular weight excluding hydrogens is 306 g/mol. The monoisotopic (exact) mass is 323 g/mol. The quantitative estimate of drug-likeness (QED) is 0.625. The van der Waals surface area contributed by atoms with Crippen molar-refractivity contribution >= 4 is 17.9 Å². The minimum Gasteiger partial charge on any atom is -0.497 e. The minimum atomic E-state index is -0.487. The van der Waals surface area contributed by atoms with Crippen LogP contribution < -0.4 is 9.47 Å². The van der Waals surface area contributed by atoms with Gasteiger partial charge in [-0.2, -0.15) is 0 Å². The van der Waals surface area contributed by atoms with Gasteiger partial charge in [0.05, 0.1) is 13.7 Å². The summed E-state index contributed by atoms with van der Waals surface area (Å²) in [4.78, 5) is 16.4. The lowest BCUT2D eigenvalue weighted by atomic mass is 10.1. The van der Waals surface area contributed by atoms with Gasteiger partial charge in [-0.1, -0.05) is 24.3 Å². The second-order valence-corrected chi connectivity index (χ2v) is 5.04. The molecule has 0 radical (unpaired) electrons. The molecule has 24 heavy (non-hydrogen) atoms. The van der Waals surface area contributed by atoms with Gasteiger partial charge in [0.1, 0.15) is 11.5 Å². The third-order valence-electron chi connectivity index (χ3n) is 3.45. The molecule has 0 saturated carbocycles. The lowest BCUT2D eigenvalue weighted by molar-refractivity contribution is -0.129. The van der Waals surface area contributed by atoms with Gasteiger partial charge >= 0.3 is 5.97 Å². The van der Waals surface area contributed by atoms with Crippen molar-refractivity contribution in [3.63, 3.8) is 0 Å². The topological polar surface area (TPSA) is 57.1 Å². The Hall–Kier alpha value is -3.08. The van der Waals surface area contributed by atoms with E-state index in [4.69, 9.17) is 14.2 Å². The number of ether oxygens (including phenoxy) is 3. The van der Waals surface area contributed by atoms with E-state index in [9.17, 15) is 4.79 Å². The van der Waals surface area contributed by atoms with Crippen LogP contribution in [0.3, 0.4) is 0 Å². The van der Waals surface area contributed by atoms with Gasteiger partial charge in [-0.15, -0.1) is 0 Å². The van der Waals surface area contributed by atoms with Gasteiger partial charge in [0.25, 0.3) is 0 Å².